The third-order valence-electron chi connectivity index (χ3n) is 4.20. The summed E-state index contributed by atoms with van der Waals surface area (Å²) in [6, 6.07) is 17.9. The summed E-state index contributed by atoms with van der Waals surface area (Å²) in [4.78, 5) is 8.74. The van der Waals surface area contributed by atoms with Gasteiger partial charge < -0.3 is 19.8 Å². The van der Waals surface area contributed by atoms with Gasteiger partial charge in [0.15, 0.2) is 5.96 Å². The molecule has 3 aromatic rings. The average molecular weight is 378 g/mol. The first kappa shape index (κ1) is 19.5. The maximum atomic E-state index is 5.80. The minimum Gasteiger partial charge on any atom is -0.493 e. The van der Waals surface area contributed by atoms with Crippen molar-refractivity contribution in [3.63, 3.8) is 0 Å². The summed E-state index contributed by atoms with van der Waals surface area (Å²) >= 11 is 0. The van der Waals surface area contributed by atoms with Crippen LogP contribution in [0.1, 0.15) is 17.7 Å². The van der Waals surface area contributed by atoms with Gasteiger partial charge >= 0.3 is 0 Å². The zero-order valence-electron chi connectivity index (χ0n) is 16.3. The van der Waals surface area contributed by atoms with Crippen LogP contribution in [0.25, 0.3) is 11.5 Å². The van der Waals surface area contributed by atoms with Gasteiger partial charge in [0, 0.05) is 19.2 Å². The first-order chi connectivity index (χ1) is 13.8. The Balaban J connectivity index is 1.38. The number of benzene rings is 2. The van der Waals surface area contributed by atoms with Crippen molar-refractivity contribution in [2.75, 3.05) is 20.2 Å². The molecule has 0 unspecified atom stereocenters. The molecule has 0 saturated heterocycles. The van der Waals surface area contributed by atoms with Gasteiger partial charge in [-0.25, -0.2) is 4.98 Å². The lowest BCUT2D eigenvalue weighted by Gasteiger charge is -2.12. The molecule has 0 aliphatic carbocycles. The summed E-state index contributed by atoms with van der Waals surface area (Å²) in [5.74, 6) is 2.28. The number of aromatic nitrogens is 1. The van der Waals surface area contributed by atoms with Crippen molar-refractivity contribution in [2.45, 2.75) is 19.9 Å². The first-order valence-electron chi connectivity index (χ1n) is 9.39. The number of hydrogen-bond donors (Lipinski definition) is 2. The van der Waals surface area contributed by atoms with E-state index in [9.17, 15) is 0 Å². The molecule has 2 aromatic carbocycles. The number of rotatable bonds is 8. The zero-order valence-corrected chi connectivity index (χ0v) is 16.3. The Kier molecular flexibility index (Phi) is 7.07. The topological polar surface area (TPSA) is 71.7 Å². The minimum atomic E-state index is 0.537. The molecular formula is C22H26N4O2. The van der Waals surface area contributed by atoms with Crippen LogP contribution in [0.2, 0.25) is 0 Å². The summed E-state index contributed by atoms with van der Waals surface area (Å²) in [6.45, 7) is 4.00. The highest BCUT2D eigenvalue weighted by atomic mass is 16.5. The lowest BCUT2D eigenvalue weighted by Crippen LogP contribution is -2.37. The summed E-state index contributed by atoms with van der Waals surface area (Å²) in [6.07, 6.45) is 2.54. The Hall–Kier alpha value is -3.28. The number of guanidine groups is 1. The summed E-state index contributed by atoms with van der Waals surface area (Å²) in [7, 11) is 1.75. The van der Waals surface area contributed by atoms with Crippen LogP contribution in [0.4, 0.5) is 0 Å². The number of hydrogen-bond acceptors (Lipinski definition) is 4. The quantitative estimate of drug-likeness (QED) is 0.355. The molecular weight excluding hydrogens is 352 g/mol. The Morgan fingerprint density at radius 2 is 1.86 bits per heavy atom. The van der Waals surface area contributed by atoms with E-state index >= 15 is 0 Å². The van der Waals surface area contributed by atoms with Crippen molar-refractivity contribution < 1.29 is 9.15 Å². The van der Waals surface area contributed by atoms with Gasteiger partial charge in [-0.3, -0.25) is 4.99 Å². The molecule has 2 N–H and O–H groups in total. The van der Waals surface area contributed by atoms with Gasteiger partial charge in [0.05, 0.1) is 18.8 Å². The number of ether oxygens (including phenoxy) is 1. The molecule has 0 atom stereocenters. The van der Waals surface area contributed by atoms with E-state index in [0.29, 0.717) is 19.0 Å². The van der Waals surface area contributed by atoms with Crippen LogP contribution in [0.15, 0.2) is 70.3 Å². The Labute approximate surface area is 165 Å². The molecule has 0 aliphatic heterocycles. The third-order valence-corrected chi connectivity index (χ3v) is 4.20. The average Bonchev–Trinajstić information content (AvgIpc) is 3.21. The molecule has 6 nitrogen and oxygen atoms in total. The first-order valence-corrected chi connectivity index (χ1v) is 9.39. The number of nitrogens with one attached hydrogen (secondary N) is 2. The van der Waals surface area contributed by atoms with Crippen LogP contribution in [0.5, 0.6) is 5.75 Å². The Morgan fingerprint density at radius 1 is 1.07 bits per heavy atom. The van der Waals surface area contributed by atoms with Crippen LogP contribution in [-0.2, 0) is 6.54 Å². The molecule has 6 heteroatoms. The van der Waals surface area contributed by atoms with Crippen LogP contribution in [0.3, 0.4) is 0 Å². The maximum Gasteiger partial charge on any atom is 0.226 e. The molecule has 3 rings (SSSR count). The molecule has 0 fully saturated rings. The molecule has 0 aliphatic rings. The number of oxazole rings is 1. The number of aryl methyl sites for hydroxylation is 1. The second-order valence-corrected chi connectivity index (χ2v) is 6.33. The van der Waals surface area contributed by atoms with Gasteiger partial charge in [-0.05, 0) is 37.1 Å². The highest BCUT2D eigenvalue weighted by Gasteiger charge is 2.07. The van der Waals surface area contributed by atoms with Crippen molar-refractivity contribution in [3.8, 4) is 17.2 Å². The van der Waals surface area contributed by atoms with E-state index in [1.807, 2.05) is 61.5 Å². The molecule has 0 amide bonds. The summed E-state index contributed by atoms with van der Waals surface area (Å²) in [5.41, 5.74) is 2.94. The van der Waals surface area contributed by atoms with E-state index in [1.165, 1.54) is 0 Å². The van der Waals surface area contributed by atoms with Crippen LogP contribution in [0, 0.1) is 6.92 Å². The van der Waals surface area contributed by atoms with E-state index in [-0.39, 0.29) is 0 Å². The van der Waals surface area contributed by atoms with Gasteiger partial charge in [-0.2, -0.15) is 0 Å². The predicted molar refractivity (Wildman–Crippen MR) is 111 cm³/mol. The van der Waals surface area contributed by atoms with Crippen molar-refractivity contribution >= 4 is 5.96 Å². The van der Waals surface area contributed by atoms with Crippen molar-refractivity contribution in [3.05, 3.63) is 72.1 Å². The number of aliphatic imine (C=N–C) groups is 1. The molecule has 1 aromatic heterocycles. The minimum absolute atomic E-state index is 0.537. The second kappa shape index (κ2) is 10.2. The predicted octanol–water partition coefficient (Wildman–Crippen LogP) is 3.78. The van der Waals surface area contributed by atoms with Crippen molar-refractivity contribution in [2.24, 2.45) is 4.99 Å². The highest BCUT2D eigenvalue weighted by Crippen LogP contribution is 2.18. The lowest BCUT2D eigenvalue weighted by molar-refractivity contribution is 0.309. The fourth-order valence-corrected chi connectivity index (χ4v) is 2.68. The molecule has 0 radical (unpaired) electrons. The van der Waals surface area contributed by atoms with Gasteiger partial charge in [0.1, 0.15) is 12.0 Å². The normalized spacial score (nSPS) is 11.3. The van der Waals surface area contributed by atoms with Gasteiger partial charge in [-0.15, -0.1) is 0 Å². The number of nitrogens with zero attached hydrogens (tertiary/aromatic N) is 2. The van der Waals surface area contributed by atoms with E-state index in [4.69, 9.17) is 9.15 Å². The Bertz CT molecular complexity index is 890. The van der Waals surface area contributed by atoms with Gasteiger partial charge in [0.2, 0.25) is 5.89 Å². The van der Waals surface area contributed by atoms with Crippen LogP contribution < -0.4 is 15.4 Å². The SMILES string of the molecule is CN=C(NCCCOc1ccccc1C)NCc1coc(-c2ccccc2)n1. The van der Waals surface area contributed by atoms with Crippen molar-refractivity contribution in [1.29, 1.82) is 0 Å². The monoisotopic (exact) mass is 378 g/mol. The number of para-hydroxylation sites is 1. The van der Waals surface area contributed by atoms with Crippen LogP contribution >= 0.6 is 0 Å². The van der Waals surface area contributed by atoms with E-state index < -0.39 is 0 Å². The van der Waals surface area contributed by atoms with E-state index in [1.54, 1.807) is 13.3 Å². The fraction of sp³-hybridized carbons (Fsp3) is 0.273. The zero-order chi connectivity index (χ0) is 19.6. The standard InChI is InChI=1S/C22H26N4O2/c1-17-9-6-7-12-20(17)27-14-8-13-24-22(23-2)25-15-19-16-28-21(26-19)18-10-4-3-5-11-18/h3-7,9-12,16H,8,13-15H2,1-2H3,(H2,23,24,25). The largest absolute Gasteiger partial charge is 0.493 e. The summed E-state index contributed by atoms with van der Waals surface area (Å²) < 4.78 is 11.4. The van der Waals surface area contributed by atoms with E-state index in [2.05, 4.69) is 20.6 Å². The van der Waals surface area contributed by atoms with Gasteiger partial charge in [0.25, 0.3) is 0 Å². The molecule has 1 heterocycles. The smallest absolute Gasteiger partial charge is 0.226 e. The maximum absolute atomic E-state index is 5.80. The third kappa shape index (κ3) is 5.61. The van der Waals surface area contributed by atoms with E-state index in [0.717, 1.165) is 41.5 Å². The second-order valence-electron chi connectivity index (χ2n) is 6.33. The Morgan fingerprint density at radius 3 is 2.64 bits per heavy atom. The molecule has 146 valence electrons. The molecule has 28 heavy (non-hydrogen) atoms. The van der Waals surface area contributed by atoms with Crippen molar-refractivity contribution in [1.82, 2.24) is 15.6 Å². The molecule has 0 saturated carbocycles. The van der Waals surface area contributed by atoms with Crippen LogP contribution in [-0.4, -0.2) is 31.1 Å². The fourth-order valence-electron chi connectivity index (χ4n) is 2.68. The lowest BCUT2D eigenvalue weighted by atomic mass is 10.2. The summed E-state index contributed by atoms with van der Waals surface area (Å²) in [5, 5.41) is 6.52. The van der Waals surface area contributed by atoms with Gasteiger partial charge in [-0.1, -0.05) is 36.4 Å². The molecule has 0 spiro atoms. The molecule has 0 bridgehead atoms. The highest BCUT2D eigenvalue weighted by molar-refractivity contribution is 5.79.